The molecule has 1 aliphatic rings. The summed E-state index contributed by atoms with van der Waals surface area (Å²) in [4.78, 5) is 1.32. The zero-order chi connectivity index (χ0) is 6.69. The van der Waals surface area contributed by atoms with Crippen molar-refractivity contribution in [3.63, 3.8) is 0 Å². The molecule has 1 atom stereocenters. The first-order chi connectivity index (χ1) is 4.34. The molecular formula is C7H8S2. The molecule has 0 radical (unpaired) electrons. The minimum Gasteiger partial charge on any atom is -0.103 e. The number of allylic oxidation sites excluding steroid dienone is 4. The lowest BCUT2D eigenvalue weighted by molar-refractivity contribution is 1.38. The summed E-state index contributed by atoms with van der Waals surface area (Å²) in [5.74, 6) is 0. The summed E-state index contributed by atoms with van der Waals surface area (Å²) < 4.78 is 0. The molecule has 1 rings (SSSR count). The molecule has 0 aliphatic carbocycles. The number of rotatable bonds is 2. The highest BCUT2D eigenvalue weighted by molar-refractivity contribution is 8.32. The van der Waals surface area contributed by atoms with Crippen LogP contribution in [-0.4, -0.2) is 0 Å². The summed E-state index contributed by atoms with van der Waals surface area (Å²) in [6, 6.07) is 0. The lowest BCUT2D eigenvalue weighted by Gasteiger charge is -1.94. The standard InChI is InChI=1S/C7H8S2/c1-2-4-7-5-3-6-9(7)8/h2-3,5-6H,1,4H2. The summed E-state index contributed by atoms with van der Waals surface area (Å²) >= 11 is 5.11. The van der Waals surface area contributed by atoms with Crippen LogP contribution in [0.2, 0.25) is 0 Å². The van der Waals surface area contributed by atoms with Crippen LogP contribution >= 0.6 is 0 Å². The minimum atomic E-state index is -0.0179. The van der Waals surface area contributed by atoms with Crippen LogP contribution in [0.15, 0.2) is 35.1 Å². The predicted octanol–water partition coefficient (Wildman–Crippen LogP) is 2.05. The van der Waals surface area contributed by atoms with Crippen molar-refractivity contribution in [2.45, 2.75) is 6.42 Å². The van der Waals surface area contributed by atoms with Crippen LogP contribution in [0.4, 0.5) is 0 Å². The first-order valence-electron chi connectivity index (χ1n) is 2.73. The van der Waals surface area contributed by atoms with Gasteiger partial charge in [0.15, 0.2) is 0 Å². The van der Waals surface area contributed by atoms with Gasteiger partial charge < -0.3 is 0 Å². The third kappa shape index (κ3) is 1.60. The van der Waals surface area contributed by atoms with Gasteiger partial charge in [0.25, 0.3) is 0 Å². The molecular weight excluding hydrogens is 148 g/mol. The average Bonchev–Trinajstić information content (AvgIpc) is 2.18. The van der Waals surface area contributed by atoms with Gasteiger partial charge in [0.05, 0.1) is 0 Å². The highest BCUT2D eigenvalue weighted by Crippen LogP contribution is 2.15. The Bertz CT molecular complexity index is 199. The normalized spacial score (nSPS) is 24.0. The maximum Gasteiger partial charge on any atom is -0.00277 e. The van der Waals surface area contributed by atoms with Crippen molar-refractivity contribution in [1.82, 2.24) is 0 Å². The van der Waals surface area contributed by atoms with Crippen molar-refractivity contribution >= 4 is 20.6 Å². The zero-order valence-electron chi connectivity index (χ0n) is 5.04. The molecule has 0 saturated carbocycles. The van der Waals surface area contributed by atoms with Gasteiger partial charge in [0.2, 0.25) is 0 Å². The topological polar surface area (TPSA) is 0 Å². The maximum atomic E-state index is 5.11. The van der Waals surface area contributed by atoms with E-state index in [0.717, 1.165) is 6.42 Å². The largest absolute Gasteiger partial charge is 0.103 e. The molecule has 0 nitrogen and oxygen atoms in total. The fraction of sp³-hybridized carbons (Fsp3) is 0.143. The first kappa shape index (κ1) is 6.90. The van der Waals surface area contributed by atoms with E-state index in [9.17, 15) is 0 Å². The Morgan fingerprint density at radius 1 is 1.78 bits per heavy atom. The smallest absolute Gasteiger partial charge is 0.00277 e. The van der Waals surface area contributed by atoms with Crippen LogP contribution in [0.5, 0.6) is 0 Å². The van der Waals surface area contributed by atoms with Crippen LogP contribution in [0.25, 0.3) is 0 Å². The van der Waals surface area contributed by atoms with Crippen LogP contribution in [0, 0.1) is 0 Å². The average molecular weight is 156 g/mol. The third-order valence-corrected chi connectivity index (χ3v) is 3.29. The van der Waals surface area contributed by atoms with Gasteiger partial charge in [0, 0.05) is 0 Å². The lowest BCUT2D eigenvalue weighted by atomic mass is 10.4. The van der Waals surface area contributed by atoms with E-state index in [1.807, 2.05) is 17.6 Å². The molecule has 0 amide bonds. The fourth-order valence-electron chi connectivity index (χ4n) is 0.665. The number of hydrogen-bond acceptors (Lipinski definition) is 1. The second-order valence-electron chi connectivity index (χ2n) is 1.75. The molecule has 1 heterocycles. The quantitative estimate of drug-likeness (QED) is 0.551. The highest BCUT2D eigenvalue weighted by Gasteiger charge is 2.00. The molecule has 1 aliphatic heterocycles. The van der Waals surface area contributed by atoms with Crippen molar-refractivity contribution in [3.8, 4) is 0 Å². The Balaban J connectivity index is 2.64. The van der Waals surface area contributed by atoms with E-state index in [2.05, 4.69) is 12.7 Å². The molecule has 0 N–H and O–H groups in total. The second kappa shape index (κ2) is 3.08. The summed E-state index contributed by atoms with van der Waals surface area (Å²) in [7, 11) is -0.0179. The Labute approximate surface area is 62.6 Å². The maximum absolute atomic E-state index is 5.11. The van der Waals surface area contributed by atoms with E-state index in [1.165, 1.54) is 4.91 Å². The van der Waals surface area contributed by atoms with Gasteiger partial charge in [-0.25, -0.2) is 0 Å². The van der Waals surface area contributed by atoms with Crippen molar-refractivity contribution in [2.75, 3.05) is 0 Å². The molecule has 9 heavy (non-hydrogen) atoms. The van der Waals surface area contributed by atoms with E-state index in [1.54, 1.807) is 0 Å². The van der Waals surface area contributed by atoms with Crippen LogP contribution in [0.3, 0.4) is 0 Å². The third-order valence-electron chi connectivity index (χ3n) is 1.09. The van der Waals surface area contributed by atoms with Gasteiger partial charge in [0.1, 0.15) is 0 Å². The minimum absolute atomic E-state index is 0.0179. The van der Waals surface area contributed by atoms with Gasteiger partial charge in [-0.05, 0) is 27.9 Å². The van der Waals surface area contributed by atoms with Crippen molar-refractivity contribution < 1.29 is 0 Å². The summed E-state index contributed by atoms with van der Waals surface area (Å²) in [6.45, 7) is 3.65. The Hall–Kier alpha value is -0.210. The molecule has 0 saturated heterocycles. The highest BCUT2D eigenvalue weighted by atomic mass is 32.8. The van der Waals surface area contributed by atoms with Gasteiger partial charge in [-0.3, -0.25) is 0 Å². The predicted molar refractivity (Wildman–Crippen MR) is 46.8 cm³/mol. The molecule has 2 heteroatoms. The van der Waals surface area contributed by atoms with Gasteiger partial charge in [-0.2, -0.15) is 0 Å². The first-order valence-corrected chi connectivity index (χ1v) is 4.94. The van der Waals surface area contributed by atoms with E-state index in [0.29, 0.717) is 0 Å². The molecule has 1 unspecified atom stereocenters. The van der Waals surface area contributed by atoms with Gasteiger partial charge in [-0.1, -0.05) is 27.7 Å². The van der Waals surface area contributed by atoms with Gasteiger partial charge in [-0.15, -0.1) is 6.58 Å². The fourth-order valence-corrected chi connectivity index (χ4v) is 2.12. The van der Waals surface area contributed by atoms with E-state index < -0.39 is 0 Å². The lowest BCUT2D eigenvalue weighted by Crippen LogP contribution is -1.81. The molecule has 0 aromatic rings. The molecule has 0 spiro atoms. The van der Waals surface area contributed by atoms with Gasteiger partial charge >= 0.3 is 0 Å². The summed E-state index contributed by atoms with van der Waals surface area (Å²) in [5, 5.41) is 2.05. The molecule has 48 valence electrons. The van der Waals surface area contributed by atoms with Crippen molar-refractivity contribution in [2.24, 2.45) is 0 Å². The Morgan fingerprint density at radius 2 is 2.56 bits per heavy atom. The van der Waals surface area contributed by atoms with E-state index >= 15 is 0 Å². The monoisotopic (exact) mass is 156 g/mol. The van der Waals surface area contributed by atoms with Crippen molar-refractivity contribution in [1.29, 1.82) is 0 Å². The van der Waals surface area contributed by atoms with E-state index in [-0.39, 0.29) is 9.45 Å². The molecule has 0 bridgehead atoms. The van der Waals surface area contributed by atoms with Crippen LogP contribution in [-0.2, 0) is 20.6 Å². The van der Waals surface area contributed by atoms with E-state index in [4.69, 9.17) is 11.2 Å². The SMILES string of the molecule is C=CCC1=CC=CS1=S. The Kier molecular flexibility index (Phi) is 2.37. The molecule has 0 aromatic carbocycles. The Morgan fingerprint density at radius 3 is 3.00 bits per heavy atom. The van der Waals surface area contributed by atoms with Crippen molar-refractivity contribution in [3.05, 3.63) is 35.1 Å². The zero-order valence-corrected chi connectivity index (χ0v) is 6.67. The summed E-state index contributed by atoms with van der Waals surface area (Å²) in [5.41, 5.74) is 0. The van der Waals surface area contributed by atoms with Crippen LogP contribution < -0.4 is 0 Å². The molecule has 0 fully saturated rings. The number of hydrogen-bond donors (Lipinski definition) is 0. The van der Waals surface area contributed by atoms with Crippen LogP contribution in [0.1, 0.15) is 6.42 Å². The second-order valence-corrected chi connectivity index (χ2v) is 4.22. The summed E-state index contributed by atoms with van der Waals surface area (Å²) in [6.07, 6.45) is 6.94. The molecule has 0 aromatic heterocycles.